The van der Waals surface area contributed by atoms with Gasteiger partial charge in [-0.05, 0) is 32.2 Å². The molecule has 0 saturated heterocycles. The summed E-state index contributed by atoms with van der Waals surface area (Å²) in [4.78, 5) is 11.7. The number of nitrogens with one attached hydrogen (secondary N) is 2. The summed E-state index contributed by atoms with van der Waals surface area (Å²) in [7, 11) is 1.82. The highest BCUT2D eigenvalue weighted by molar-refractivity contribution is 6.34. The van der Waals surface area contributed by atoms with E-state index < -0.39 is 6.10 Å². The summed E-state index contributed by atoms with van der Waals surface area (Å²) in [5, 5.41) is 6.62. The van der Waals surface area contributed by atoms with E-state index in [1.54, 1.807) is 25.1 Å². The Hall–Kier alpha value is -0.970. The molecule has 100 valence electrons. The van der Waals surface area contributed by atoms with Crippen molar-refractivity contribution in [2.24, 2.45) is 0 Å². The van der Waals surface area contributed by atoms with Gasteiger partial charge in [0.2, 0.25) is 0 Å². The SMILES string of the molecule is CNCCNC(=O)C(C)Oc1cc(Cl)cc(Cl)c1. The summed E-state index contributed by atoms with van der Waals surface area (Å²) < 4.78 is 5.47. The minimum atomic E-state index is -0.601. The van der Waals surface area contributed by atoms with Crippen molar-refractivity contribution in [1.82, 2.24) is 10.6 Å². The van der Waals surface area contributed by atoms with Gasteiger partial charge in [0.1, 0.15) is 5.75 Å². The number of ether oxygens (including phenoxy) is 1. The van der Waals surface area contributed by atoms with Crippen LogP contribution in [0.25, 0.3) is 0 Å². The predicted molar refractivity (Wildman–Crippen MR) is 73.5 cm³/mol. The van der Waals surface area contributed by atoms with Crippen molar-refractivity contribution >= 4 is 29.1 Å². The van der Waals surface area contributed by atoms with Crippen molar-refractivity contribution in [2.45, 2.75) is 13.0 Å². The minimum absolute atomic E-state index is 0.179. The van der Waals surface area contributed by atoms with Gasteiger partial charge in [-0.25, -0.2) is 0 Å². The first-order valence-corrected chi connectivity index (χ1v) is 6.33. The highest BCUT2D eigenvalue weighted by Gasteiger charge is 2.14. The van der Waals surface area contributed by atoms with Crippen LogP contribution in [0.3, 0.4) is 0 Å². The van der Waals surface area contributed by atoms with Gasteiger partial charge in [-0.2, -0.15) is 0 Å². The first-order chi connectivity index (χ1) is 8.52. The number of carbonyl (C=O) groups excluding carboxylic acids is 1. The fourth-order valence-corrected chi connectivity index (χ4v) is 1.81. The van der Waals surface area contributed by atoms with E-state index in [-0.39, 0.29) is 5.91 Å². The Kier molecular flexibility index (Phi) is 6.25. The van der Waals surface area contributed by atoms with Gasteiger partial charge in [-0.3, -0.25) is 4.79 Å². The fourth-order valence-electron chi connectivity index (χ4n) is 1.31. The van der Waals surface area contributed by atoms with E-state index in [1.165, 1.54) is 0 Å². The molecule has 0 fully saturated rings. The topological polar surface area (TPSA) is 50.4 Å². The zero-order chi connectivity index (χ0) is 13.5. The van der Waals surface area contributed by atoms with Gasteiger partial charge in [-0.1, -0.05) is 23.2 Å². The third-order valence-corrected chi connectivity index (χ3v) is 2.63. The predicted octanol–water partition coefficient (Wildman–Crippen LogP) is 2.10. The number of halogens is 2. The molecule has 18 heavy (non-hydrogen) atoms. The lowest BCUT2D eigenvalue weighted by atomic mass is 10.3. The van der Waals surface area contributed by atoms with Gasteiger partial charge < -0.3 is 15.4 Å². The Balaban J connectivity index is 2.52. The second kappa shape index (κ2) is 7.46. The Bertz CT molecular complexity index is 393. The lowest BCUT2D eigenvalue weighted by Crippen LogP contribution is -2.39. The van der Waals surface area contributed by atoms with Gasteiger partial charge in [0.05, 0.1) is 0 Å². The normalized spacial score (nSPS) is 12.0. The van der Waals surface area contributed by atoms with Crippen molar-refractivity contribution in [3.63, 3.8) is 0 Å². The molecule has 1 amide bonds. The third kappa shape index (κ3) is 5.12. The number of benzene rings is 1. The van der Waals surface area contributed by atoms with E-state index in [0.29, 0.717) is 28.9 Å². The second-order valence-electron chi connectivity index (χ2n) is 3.76. The van der Waals surface area contributed by atoms with Crippen LogP contribution in [0.2, 0.25) is 10.0 Å². The quantitative estimate of drug-likeness (QED) is 0.789. The van der Waals surface area contributed by atoms with Gasteiger partial charge in [-0.15, -0.1) is 0 Å². The molecule has 1 atom stereocenters. The molecule has 1 aromatic carbocycles. The van der Waals surface area contributed by atoms with Crippen molar-refractivity contribution in [3.8, 4) is 5.75 Å². The van der Waals surface area contributed by atoms with E-state index >= 15 is 0 Å². The first kappa shape index (κ1) is 15.1. The number of rotatable bonds is 6. The first-order valence-electron chi connectivity index (χ1n) is 5.58. The van der Waals surface area contributed by atoms with Crippen LogP contribution in [-0.4, -0.2) is 32.1 Å². The van der Waals surface area contributed by atoms with E-state index in [0.717, 1.165) is 0 Å². The van der Waals surface area contributed by atoms with Gasteiger partial charge in [0, 0.05) is 23.1 Å². The van der Waals surface area contributed by atoms with Crippen molar-refractivity contribution in [2.75, 3.05) is 20.1 Å². The average molecular weight is 291 g/mol. The smallest absolute Gasteiger partial charge is 0.260 e. The van der Waals surface area contributed by atoms with Crippen LogP contribution in [0.15, 0.2) is 18.2 Å². The van der Waals surface area contributed by atoms with Crippen LogP contribution in [-0.2, 0) is 4.79 Å². The summed E-state index contributed by atoms with van der Waals surface area (Å²) in [5.74, 6) is 0.296. The van der Waals surface area contributed by atoms with Crippen LogP contribution >= 0.6 is 23.2 Å². The maximum Gasteiger partial charge on any atom is 0.260 e. The minimum Gasteiger partial charge on any atom is -0.481 e. The van der Waals surface area contributed by atoms with Crippen LogP contribution < -0.4 is 15.4 Å². The molecule has 1 unspecified atom stereocenters. The monoisotopic (exact) mass is 290 g/mol. The molecule has 1 rings (SSSR count). The molecule has 0 heterocycles. The largest absolute Gasteiger partial charge is 0.481 e. The molecule has 0 aromatic heterocycles. The maximum absolute atomic E-state index is 11.7. The number of hydrogen-bond donors (Lipinski definition) is 2. The molecule has 0 bridgehead atoms. The molecule has 6 heteroatoms. The standard InChI is InChI=1S/C12H16Cl2N2O2/c1-8(12(17)16-4-3-15-2)18-11-6-9(13)5-10(14)7-11/h5-8,15H,3-4H2,1-2H3,(H,16,17). The number of likely N-dealkylation sites (N-methyl/N-ethyl adjacent to an activating group) is 1. The molecule has 0 spiro atoms. The number of hydrogen-bond acceptors (Lipinski definition) is 3. The highest BCUT2D eigenvalue weighted by atomic mass is 35.5. The molecular weight excluding hydrogens is 275 g/mol. The van der Waals surface area contributed by atoms with Gasteiger partial charge in [0.15, 0.2) is 6.10 Å². The molecule has 0 aliphatic heterocycles. The van der Waals surface area contributed by atoms with Crippen LogP contribution in [0.1, 0.15) is 6.92 Å². The van der Waals surface area contributed by atoms with E-state index in [1.807, 2.05) is 7.05 Å². The average Bonchev–Trinajstić information content (AvgIpc) is 2.27. The molecule has 0 saturated carbocycles. The Morgan fingerprint density at radius 3 is 2.44 bits per heavy atom. The summed E-state index contributed by atoms with van der Waals surface area (Å²) in [6.07, 6.45) is -0.601. The summed E-state index contributed by atoms with van der Waals surface area (Å²) >= 11 is 11.7. The van der Waals surface area contributed by atoms with Gasteiger partial charge >= 0.3 is 0 Å². The third-order valence-electron chi connectivity index (χ3n) is 2.19. The molecule has 2 N–H and O–H groups in total. The summed E-state index contributed by atoms with van der Waals surface area (Å²) in [6, 6.07) is 4.84. The van der Waals surface area contributed by atoms with Crippen LogP contribution in [0.4, 0.5) is 0 Å². The Morgan fingerprint density at radius 1 is 1.28 bits per heavy atom. The zero-order valence-electron chi connectivity index (χ0n) is 10.3. The highest BCUT2D eigenvalue weighted by Crippen LogP contribution is 2.24. The molecule has 0 aliphatic carbocycles. The van der Waals surface area contributed by atoms with E-state index in [9.17, 15) is 4.79 Å². The zero-order valence-corrected chi connectivity index (χ0v) is 11.8. The number of carbonyl (C=O) groups is 1. The van der Waals surface area contributed by atoms with Gasteiger partial charge in [0.25, 0.3) is 5.91 Å². The molecule has 1 aromatic rings. The van der Waals surface area contributed by atoms with E-state index in [4.69, 9.17) is 27.9 Å². The fraction of sp³-hybridized carbons (Fsp3) is 0.417. The summed E-state index contributed by atoms with van der Waals surface area (Å²) in [6.45, 7) is 2.93. The molecule has 4 nitrogen and oxygen atoms in total. The van der Waals surface area contributed by atoms with Crippen molar-refractivity contribution < 1.29 is 9.53 Å². The Labute approximate surface area is 117 Å². The molecular formula is C12H16Cl2N2O2. The molecule has 0 radical (unpaired) electrons. The lowest BCUT2D eigenvalue weighted by Gasteiger charge is -2.15. The summed E-state index contributed by atoms with van der Waals surface area (Å²) in [5.41, 5.74) is 0. The second-order valence-corrected chi connectivity index (χ2v) is 4.63. The Morgan fingerprint density at radius 2 is 1.89 bits per heavy atom. The van der Waals surface area contributed by atoms with Crippen LogP contribution in [0, 0.1) is 0 Å². The van der Waals surface area contributed by atoms with Crippen molar-refractivity contribution in [1.29, 1.82) is 0 Å². The lowest BCUT2D eigenvalue weighted by molar-refractivity contribution is -0.127. The maximum atomic E-state index is 11.7. The van der Waals surface area contributed by atoms with Crippen LogP contribution in [0.5, 0.6) is 5.75 Å². The molecule has 0 aliphatic rings. The number of amides is 1. The van der Waals surface area contributed by atoms with Crippen molar-refractivity contribution in [3.05, 3.63) is 28.2 Å². The van der Waals surface area contributed by atoms with E-state index in [2.05, 4.69) is 10.6 Å².